The largest absolute Gasteiger partial charge is 0.481 e. The number of hydrogen-bond acceptors (Lipinski definition) is 4. The van der Waals surface area contributed by atoms with E-state index < -0.39 is 11.8 Å². The molecule has 1 fully saturated rings. The summed E-state index contributed by atoms with van der Waals surface area (Å²) in [5.74, 6) is 1.99. The molecule has 1 heterocycles. The number of ether oxygens (including phenoxy) is 1. The third-order valence-corrected chi connectivity index (χ3v) is 3.91. The summed E-state index contributed by atoms with van der Waals surface area (Å²) >= 11 is 5.15. The van der Waals surface area contributed by atoms with E-state index >= 15 is 0 Å². The predicted octanol–water partition coefficient (Wildman–Crippen LogP) is 2.53. The Labute approximate surface area is 156 Å². The number of para-hydroxylation sites is 1. The molecule has 3 rings (SSSR count). The lowest BCUT2D eigenvalue weighted by Gasteiger charge is -2.28. The fourth-order valence-electron chi connectivity index (χ4n) is 2.42. The molecule has 1 saturated heterocycles. The Hall–Kier alpha value is -3.43. The number of nitrogens with zero attached hydrogens (tertiary/aromatic N) is 1. The quantitative estimate of drug-likeness (QED) is 0.393. The van der Waals surface area contributed by atoms with Gasteiger partial charge in [-0.25, -0.2) is 0 Å². The van der Waals surface area contributed by atoms with Gasteiger partial charge in [0.1, 0.15) is 17.9 Å². The summed E-state index contributed by atoms with van der Waals surface area (Å²) in [6.45, 7) is 0.171. The Morgan fingerprint density at radius 1 is 1.12 bits per heavy atom. The van der Waals surface area contributed by atoms with E-state index in [1.807, 2.05) is 6.07 Å². The second-order valence-corrected chi connectivity index (χ2v) is 5.74. The monoisotopic (exact) mass is 362 g/mol. The van der Waals surface area contributed by atoms with Gasteiger partial charge in [0.15, 0.2) is 5.11 Å². The molecule has 2 amide bonds. The molecule has 1 N–H and O–H groups in total. The highest BCUT2D eigenvalue weighted by Gasteiger charge is 2.34. The van der Waals surface area contributed by atoms with Gasteiger partial charge in [-0.05, 0) is 48.1 Å². The fraction of sp³-hybridized carbons (Fsp3) is 0.0500. The van der Waals surface area contributed by atoms with Crippen molar-refractivity contribution in [3.63, 3.8) is 0 Å². The first-order chi connectivity index (χ1) is 12.6. The molecule has 1 aliphatic rings. The molecule has 2 aromatic carbocycles. The Morgan fingerprint density at radius 3 is 2.46 bits per heavy atom. The van der Waals surface area contributed by atoms with Crippen molar-refractivity contribution in [2.75, 3.05) is 11.5 Å². The molecule has 0 unspecified atom stereocenters. The smallest absolute Gasteiger partial charge is 0.270 e. The number of amides is 2. The van der Waals surface area contributed by atoms with Gasteiger partial charge in [-0.15, -0.1) is 6.42 Å². The molecule has 0 spiro atoms. The van der Waals surface area contributed by atoms with Crippen molar-refractivity contribution in [3.8, 4) is 18.1 Å². The van der Waals surface area contributed by atoms with Crippen LogP contribution in [0.3, 0.4) is 0 Å². The van der Waals surface area contributed by atoms with Crippen LogP contribution in [-0.2, 0) is 9.59 Å². The first kappa shape index (κ1) is 17.4. The number of nitrogens with one attached hydrogen (secondary N) is 1. The van der Waals surface area contributed by atoms with Crippen molar-refractivity contribution >= 4 is 40.9 Å². The minimum atomic E-state index is -0.528. The van der Waals surface area contributed by atoms with Gasteiger partial charge in [0, 0.05) is 0 Å². The standard InChI is InChI=1S/C20H14N2O3S/c1-2-12-25-16-10-8-14(9-11-16)13-17-18(23)21-20(26)22(19(17)24)15-6-4-3-5-7-15/h1,3-11,13H,12H2,(H,21,23,26)/b17-13-. The number of anilines is 1. The zero-order chi connectivity index (χ0) is 18.5. The maximum Gasteiger partial charge on any atom is 0.270 e. The molecule has 0 aromatic heterocycles. The molecule has 128 valence electrons. The number of carbonyl (C=O) groups excluding carboxylic acids is 2. The highest BCUT2D eigenvalue weighted by Crippen LogP contribution is 2.22. The molecule has 6 heteroatoms. The van der Waals surface area contributed by atoms with Crippen molar-refractivity contribution < 1.29 is 14.3 Å². The van der Waals surface area contributed by atoms with E-state index in [2.05, 4.69) is 11.2 Å². The van der Waals surface area contributed by atoms with Gasteiger partial charge >= 0.3 is 0 Å². The lowest BCUT2D eigenvalue weighted by atomic mass is 10.1. The van der Waals surface area contributed by atoms with E-state index in [0.717, 1.165) is 0 Å². The SMILES string of the molecule is C#CCOc1ccc(/C=C2/C(=O)NC(=S)N(c3ccccc3)C2=O)cc1. The number of terminal acetylenes is 1. The highest BCUT2D eigenvalue weighted by molar-refractivity contribution is 7.80. The maximum absolute atomic E-state index is 12.8. The van der Waals surface area contributed by atoms with Crippen LogP contribution in [0.1, 0.15) is 5.56 Å². The maximum atomic E-state index is 12.8. The van der Waals surface area contributed by atoms with Crippen LogP contribution >= 0.6 is 12.2 Å². The first-order valence-electron chi connectivity index (χ1n) is 7.73. The lowest BCUT2D eigenvalue weighted by molar-refractivity contribution is -0.122. The predicted molar refractivity (Wildman–Crippen MR) is 103 cm³/mol. The number of hydrogen-bond donors (Lipinski definition) is 1. The topological polar surface area (TPSA) is 58.6 Å². The molecule has 0 radical (unpaired) electrons. The average Bonchev–Trinajstić information content (AvgIpc) is 2.65. The molecule has 5 nitrogen and oxygen atoms in total. The summed E-state index contributed by atoms with van der Waals surface area (Å²) in [7, 11) is 0. The Morgan fingerprint density at radius 2 is 1.81 bits per heavy atom. The van der Waals surface area contributed by atoms with Crippen molar-refractivity contribution in [2.24, 2.45) is 0 Å². The molecule has 2 aromatic rings. The fourth-order valence-corrected chi connectivity index (χ4v) is 2.70. The summed E-state index contributed by atoms with van der Waals surface area (Å²) in [6, 6.07) is 15.8. The summed E-state index contributed by atoms with van der Waals surface area (Å²) in [6.07, 6.45) is 6.67. The molecule has 0 saturated carbocycles. The second kappa shape index (κ2) is 7.64. The van der Waals surface area contributed by atoms with Crippen LogP contribution in [0.5, 0.6) is 5.75 Å². The average molecular weight is 362 g/mol. The van der Waals surface area contributed by atoms with E-state index in [-0.39, 0.29) is 17.3 Å². The number of thiocarbonyl (C=S) groups is 1. The van der Waals surface area contributed by atoms with Crippen LogP contribution in [0.2, 0.25) is 0 Å². The summed E-state index contributed by atoms with van der Waals surface area (Å²) in [5.41, 5.74) is 1.27. The van der Waals surface area contributed by atoms with Crippen LogP contribution < -0.4 is 15.0 Å². The number of benzene rings is 2. The molecule has 1 aliphatic heterocycles. The van der Waals surface area contributed by atoms with Gasteiger partial charge in [-0.2, -0.15) is 0 Å². The second-order valence-electron chi connectivity index (χ2n) is 5.36. The molecule has 0 aliphatic carbocycles. The lowest BCUT2D eigenvalue weighted by Crippen LogP contribution is -2.54. The Kier molecular flexibility index (Phi) is 5.11. The molecular formula is C20H14N2O3S. The molecular weight excluding hydrogens is 348 g/mol. The number of carbonyl (C=O) groups is 2. The van der Waals surface area contributed by atoms with Gasteiger partial charge in [0.05, 0.1) is 5.69 Å². The molecule has 0 bridgehead atoms. The van der Waals surface area contributed by atoms with Crippen molar-refractivity contribution in [2.45, 2.75) is 0 Å². The van der Waals surface area contributed by atoms with Crippen molar-refractivity contribution in [1.29, 1.82) is 0 Å². The van der Waals surface area contributed by atoms with E-state index in [1.54, 1.807) is 48.5 Å². The molecule has 26 heavy (non-hydrogen) atoms. The van der Waals surface area contributed by atoms with Gasteiger partial charge in [0.25, 0.3) is 11.8 Å². The van der Waals surface area contributed by atoms with Crippen LogP contribution in [0, 0.1) is 12.3 Å². The van der Waals surface area contributed by atoms with E-state index in [0.29, 0.717) is 17.0 Å². The zero-order valence-corrected chi connectivity index (χ0v) is 14.5. The summed E-state index contributed by atoms with van der Waals surface area (Å²) in [4.78, 5) is 26.4. The van der Waals surface area contributed by atoms with Crippen LogP contribution in [-0.4, -0.2) is 23.5 Å². The summed E-state index contributed by atoms with van der Waals surface area (Å²) < 4.78 is 5.30. The van der Waals surface area contributed by atoms with Gasteiger partial charge in [0.2, 0.25) is 0 Å². The minimum absolute atomic E-state index is 0.000235. The van der Waals surface area contributed by atoms with Gasteiger partial charge < -0.3 is 4.74 Å². The van der Waals surface area contributed by atoms with Crippen molar-refractivity contribution in [3.05, 3.63) is 65.7 Å². The van der Waals surface area contributed by atoms with E-state index in [1.165, 1.54) is 11.0 Å². The van der Waals surface area contributed by atoms with E-state index in [9.17, 15) is 9.59 Å². The third-order valence-electron chi connectivity index (χ3n) is 3.63. The minimum Gasteiger partial charge on any atom is -0.481 e. The zero-order valence-electron chi connectivity index (χ0n) is 13.6. The Bertz CT molecular complexity index is 928. The third kappa shape index (κ3) is 3.63. The first-order valence-corrected chi connectivity index (χ1v) is 8.14. The van der Waals surface area contributed by atoms with Crippen LogP contribution in [0.15, 0.2) is 60.2 Å². The van der Waals surface area contributed by atoms with Crippen molar-refractivity contribution in [1.82, 2.24) is 5.32 Å². The summed E-state index contributed by atoms with van der Waals surface area (Å²) in [5, 5.41) is 2.61. The highest BCUT2D eigenvalue weighted by atomic mass is 32.1. The Balaban J connectivity index is 1.89. The van der Waals surface area contributed by atoms with Gasteiger partial charge in [-0.3, -0.25) is 19.8 Å². The normalized spacial score (nSPS) is 15.6. The van der Waals surface area contributed by atoms with Gasteiger partial charge in [-0.1, -0.05) is 36.3 Å². The van der Waals surface area contributed by atoms with Crippen LogP contribution in [0.4, 0.5) is 5.69 Å². The number of rotatable bonds is 4. The van der Waals surface area contributed by atoms with Crippen LogP contribution in [0.25, 0.3) is 6.08 Å². The molecule has 0 atom stereocenters. The van der Waals surface area contributed by atoms with E-state index in [4.69, 9.17) is 23.4 Å².